The van der Waals surface area contributed by atoms with Crippen molar-refractivity contribution < 1.29 is 13.5 Å². The zero-order valence-electron chi connectivity index (χ0n) is 20.2. The molecule has 0 aliphatic heterocycles. The van der Waals surface area contributed by atoms with Crippen molar-refractivity contribution in [2.45, 2.75) is 108 Å². The molecule has 174 valence electrons. The van der Waals surface area contributed by atoms with Crippen LogP contribution in [-0.4, -0.2) is 52.9 Å². The minimum absolute atomic E-state index is 0.0393. The molecule has 2 atom stereocenters. The standard InChI is InChI=1S/C12H18NO3S.3C4H9.Sn/c1-4-13(11(3)9-14)17(15,16)12-7-5-10(2)6-8-12;3*1-3-4-2;/h4-8,11,14H,9H2,1-3H3;3*1,3-4H2,2H3;/t11-;;;;/m0..../s1. The van der Waals surface area contributed by atoms with Gasteiger partial charge in [0.25, 0.3) is 0 Å². The molecule has 0 heterocycles. The number of rotatable bonds is 15. The van der Waals surface area contributed by atoms with E-state index in [4.69, 9.17) is 0 Å². The molecule has 30 heavy (non-hydrogen) atoms. The van der Waals surface area contributed by atoms with E-state index in [0.717, 1.165) is 24.8 Å². The van der Waals surface area contributed by atoms with Gasteiger partial charge >= 0.3 is 191 Å². The molecule has 0 fully saturated rings. The van der Waals surface area contributed by atoms with Crippen LogP contribution < -0.4 is 0 Å². The van der Waals surface area contributed by atoms with Crippen LogP contribution >= 0.6 is 0 Å². The molecule has 6 heteroatoms. The van der Waals surface area contributed by atoms with Gasteiger partial charge in [0, 0.05) is 0 Å². The van der Waals surface area contributed by atoms with Gasteiger partial charge in [0.2, 0.25) is 0 Å². The zero-order chi connectivity index (χ0) is 22.8. The third kappa shape index (κ3) is 7.21. The Morgan fingerprint density at radius 1 is 0.900 bits per heavy atom. The normalized spacial score (nSPS) is 14.8. The molecule has 0 radical (unpaired) electrons. The van der Waals surface area contributed by atoms with Crippen LogP contribution in [-0.2, 0) is 10.0 Å². The van der Waals surface area contributed by atoms with E-state index >= 15 is 0 Å². The van der Waals surface area contributed by atoms with Crippen molar-refractivity contribution in [1.82, 2.24) is 4.31 Å². The van der Waals surface area contributed by atoms with Crippen LogP contribution in [0.25, 0.3) is 0 Å². The monoisotopic (exact) mass is 547 g/mol. The number of sulfonamides is 1. The van der Waals surface area contributed by atoms with Gasteiger partial charge < -0.3 is 0 Å². The fraction of sp³-hybridized carbons (Fsp3) is 0.750. The minimum atomic E-state index is -3.66. The number of aliphatic hydroxyl groups is 1. The summed E-state index contributed by atoms with van der Waals surface area (Å²) < 4.78 is 33.1. The zero-order valence-corrected chi connectivity index (χ0v) is 23.8. The summed E-state index contributed by atoms with van der Waals surface area (Å²) in [5.74, 6) is 0. The molecular formula is C24H45NO3SSn. The van der Waals surface area contributed by atoms with E-state index < -0.39 is 34.4 Å². The van der Waals surface area contributed by atoms with Gasteiger partial charge in [-0.3, -0.25) is 0 Å². The second-order valence-electron chi connectivity index (χ2n) is 9.03. The number of aliphatic hydroxyl groups excluding tert-OH is 1. The van der Waals surface area contributed by atoms with Crippen molar-refractivity contribution >= 4 is 28.4 Å². The summed E-state index contributed by atoms with van der Waals surface area (Å²) >= 11 is -2.87. The summed E-state index contributed by atoms with van der Waals surface area (Å²) in [7, 11) is -3.66. The van der Waals surface area contributed by atoms with Gasteiger partial charge in [-0.15, -0.1) is 0 Å². The number of hydrogen-bond donors (Lipinski definition) is 1. The first-order chi connectivity index (χ1) is 14.2. The molecule has 1 rings (SSSR count). The molecule has 0 aromatic heterocycles. The first kappa shape index (κ1) is 27.9. The van der Waals surface area contributed by atoms with Crippen LogP contribution in [0.4, 0.5) is 0 Å². The van der Waals surface area contributed by atoms with Crippen molar-refractivity contribution in [3.63, 3.8) is 0 Å². The quantitative estimate of drug-likeness (QED) is 0.269. The van der Waals surface area contributed by atoms with Gasteiger partial charge in [0.1, 0.15) is 0 Å². The summed E-state index contributed by atoms with van der Waals surface area (Å²) in [4.78, 5) is 0.349. The van der Waals surface area contributed by atoms with E-state index in [9.17, 15) is 13.5 Å². The number of nitrogens with zero attached hydrogens (tertiary/aromatic N) is 1. The summed E-state index contributed by atoms with van der Waals surface area (Å²) in [6.45, 7) is 12.6. The molecule has 0 bridgehead atoms. The maximum absolute atomic E-state index is 13.8. The molecule has 0 spiro atoms. The summed E-state index contributed by atoms with van der Waals surface area (Å²) in [5.41, 5.74) is 1.05. The maximum atomic E-state index is 13.8. The van der Waals surface area contributed by atoms with Crippen molar-refractivity contribution in [1.29, 1.82) is 0 Å². The van der Waals surface area contributed by atoms with E-state index in [-0.39, 0.29) is 10.7 Å². The third-order valence-corrected chi connectivity index (χ3v) is 26.7. The van der Waals surface area contributed by atoms with Crippen LogP contribution in [0.5, 0.6) is 0 Å². The second-order valence-corrected chi connectivity index (χ2v) is 25.3. The summed E-state index contributed by atoms with van der Waals surface area (Å²) in [6.07, 6.45) is 7.05. The van der Waals surface area contributed by atoms with E-state index in [1.165, 1.54) is 32.6 Å². The predicted molar refractivity (Wildman–Crippen MR) is 131 cm³/mol. The van der Waals surface area contributed by atoms with Gasteiger partial charge in [-0.1, -0.05) is 0 Å². The van der Waals surface area contributed by atoms with Crippen LogP contribution in [0.1, 0.15) is 78.7 Å². The number of unbranched alkanes of at least 4 members (excludes halogenated alkanes) is 3. The van der Waals surface area contributed by atoms with E-state index in [1.807, 2.05) is 26.0 Å². The van der Waals surface area contributed by atoms with Gasteiger partial charge in [-0.2, -0.15) is 0 Å². The molecule has 0 aliphatic carbocycles. The summed E-state index contributed by atoms with van der Waals surface area (Å²) in [6, 6.07) is 6.75. The number of aryl methyl sites for hydroxylation is 1. The average molecular weight is 546 g/mol. The molecule has 1 aromatic carbocycles. The molecule has 1 N–H and O–H groups in total. The molecular weight excluding hydrogens is 501 g/mol. The molecule has 0 unspecified atom stereocenters. The van der Waals surface area contributed by atoms with Crippen LogP contribution in [0.15, 0.2) is 29.2 Å². The fourth-order valence-corrected chi connectivity index (χ4v) is 26.0. The van der Waals surface area contributed by atoms with Crippen molar-refractivity contribution in [2.75, 3.05) is 6.61 Å². The Hall–Kier alpha value is -0.111. The number of hydrogen-bond acceptors (Lipinski definition) is 3. The van der Waals surface area contributed by atoms with Crippen LogP contribution in [0.3, 0.4) is 0 Å². The fourth-order valence-electron chi connectivity index (χ4n) is 4.60. The Morgan fingerprint density at radius 3 is 1.70 bits per heavy atom. The van der Waals surface area contributed by atoms with Gasteiger partial charge in [0.05, 0.1) is 0 Å². The topological polar surface area (TPSA) is 57.6 Å². The number of benzene rings is 1. The molecule has 0 saturated carbocycles. The molecule has 4 nitrogen and oxygen atoms in total. The van der Waals surface area contributed by atoms with Crippen molar-refractivity contribution in [3.8, 4) is 0 Å². The Morgan fingerprint density at radius 2 is 1.33 bits per heavy atom. The Bertz CT molecular complexity index is 684. The Kier molecular flexibility index (Phi) is 12.5. The third-order valence-electron chi connectivity index (χ3n) is 6.65. The average Bonchev–Trinajstić information content (AvgIpc) is 2.73. The Balaban J connectivity index is 3.50. The van der Waals surface area contributed by atoms with Crippen molar-refractivity contribution in [2.24, 2.45) is 0 Å². The van der Waals surface area contributed by atoms with Crippen molar-refractivity contribution in [3.05, 3.63) is 29.8 Å². The summed E-state index contributed by atoms with van der Waals surface area (Å²) in [5, 5.41) is 10.0. The second kappa shape index (κ2) is 13.4. The first-order valence-electron chi connectivity index (χ1n) is 11.9. The first-order valence-corrected chi connectivity index (χ1v) is 21.0. The predicted octanol–water partition coefficient (Wildman–Crippen LogP) is 6.14. The van der Waals surface area contributed by atoms with Crippen LogP contribution in [0.2, 0.25) is 13.3 Å². The van der Waals surface area contributed by atoms with Gasteiger partial charge in [-0.25, -0.2) is 0 Å². The molecule has 0 saturated heterocycles. The van der Waals surface area contributed by atoms with Gasteiger partial charge in [0.15, 0.2) is 0 Å². The molecule has 0 aliphatic rings. The Labute approximate surface area is 190 Å². The molecule has 0 amide bonds. The molecule has 1 aromatic rings. The van der Waals surface area contributed by atoms with E-state index in [1.54, 1.807) is 16.4 Å². The van der Waals surface area contributed by atoms with E-state index in [0.29, 0.717) is 4.90 Å². The van der Waals surface area contributed by atoms with E-state index in [2.05, 4.69) is 27.7 Å². The van der Waals surface area contributed by atoms with Gasteiger partial charge in [-0.05, 0) is 0 Å². The van der Waals surface area contributed by atoms with Crippen LogP contribution in [0, 0.1) is 6.92 Å². The SMILES string of the molecule is CCC[CH2][Sn]([CH2]CCC)([CH2]CCC)[C@@H](C)N([C@@H](C)CO)S(=O)(=O)c1ccc(C)cc1.